The second-order valence-corrected chi connectivity index (χ2v) is 10.9. The number of anilines is 1. The molecule has 1 heterocycles. The summed E-state index contributed by atoms with van der Waals surface area (Å²) in [6.07, 6.45) is 0.335. The summed E-state index contributed by atoms with van der Waals surface area (Å²) in [5.74, 6) is -0.678. The van der Waals surface area contributed by atoms with E-state index in [1.165, 1.54) is 11.3 Å². The van der Waals surface area contributed by atoms with E-state index in [0.717, 1.165) is 16.7 Å². The molecule has 2 amide bonds. The van der Waals surface area contributed by atoms with Gasteiger partial charge in [-0.15, -0.1) is 10.2 Å². The van der Waals surface area contributed by atoms with Crippen molar-refractivity contribution in [2.45, 2.75) is 38.6 Å². The van der Waals surface area contributed by atoms with E-state index in [2.05, 4.69) is 41.6 Å². The summed E-state index contributed by atoms with van der Waals surface area (Å²) in [6, 6.07) is 23.5. The molecule has 0 spiro atoms. The van der Waals surface area contributed by atoms with Gasteiger partial charge in [0.05, 0.1) is 0 Å². The van der Waals surface area contributed by atoms with Gasteiger partial charge in [0.2, 0.25) is 11.0 Å². The zero-order valence-electron chi connectivity index (χ0n) is 20.3. The maximum absolute atomic E-state index is 13.3. The fraction of sp³-hybridized carbons (Fsp3) is 0.214. The topological polar surface area (TPSA) is 84.0 Å². The number of nitrogens with one attached hydrogen (secondary N) is 2. The van der Waals surface area contributed by atoms with E-state index >= 15 is 0 Å². The first-order valence-corrected chi connectivity index (χ1v) is 12.7. The molecule has 4 aromatic rings. The number of benzene rings is 3. The van der Waals surface area contributed by atoms with Crippen LogP contribution in [-0.2, 0) is 16.6 Å². The van der Waals surface area contributed by atoms with Crippen LogP contribution >= 0.6 is 22.9 Å². The number of hydrogen-bond donors (Lipinski definition) is 2. The molecule has 0 bridgehead atoms. The van der Waals surface area contributed by atoms with Crippen molar-refractivity contribution >= 4 is 39.9 Å². The second-order valence-electron chi connectivity index (χ2n) is 9.45. The summed E-state index contributed by atoms with van der Waals surface area (Å²) in [7, 11) is 0. The third-order valence-electron chi connectivity index (χ3n) is 5.66. The quantitative estimate of drug-likeness (QED) is 0.308. The van der Waals surface area contributed by atoms with Gasteiger partial charge < -0.3 is 5.32 Å². The summed E-state index contributed by atoms with van der Waals surface area (Å²) >= 11 is 7.22. The van der Waals surface area contributed by atoms with E-state index < -0.39 is 6.04 Å². The summed E-state index contributed by atoms with van der Waals surface area (Å²) in [5.41, 5.74) is 3.39. The molecule has 0 aliphatic heterocycles. The lowest BCUT2D eigenvalue weighted by molar-refractivity contribution is -0.118. The summed E-state index contributed by atoms with van der Waals surface area (Å²) in [5, 5.41) is 15.6. The molecule has 0 fully saturated rings. The number of nitrogens with zero attached hydrogens (tertiary/aromatic N) is 2. The first-order valence-electron chi connectivity index (χ1n) is 11.5. The van der Waals surface area contributed by atoms with Crippen LogP contribution < -0.4 is 10.6 Å². The fourth-order valence-electron chi connectivity index (χ4n) is 3.60. The van der Waals surface area contributed by atoms with Gasteiger partial charge in [0.1, 0.15) is 11.0 Å². The minimum absolute atomic E-state index is 0.0165. The first kappa shape index (κ1) is 25.5. The molecule has 0 saturated carbocycles. The Hall–Kier alpha value is -3.55. The van der Waals surface area contributed by atoms with Crippen molar-refractivity contribution in [3.63, 3.8) is 0 Å². The summed E-state index contributed by atoms with van der Waals surface area (Å²) < 4.78 is 0. The predicted octanol–water partition coefficient (Wildman–Crippen LogP) is 6.14. The van der Waals surface area contributed by atoms with E-state index in [0.29, 0.717) is 27.1 Å². The minimum Gasteiger partial charge on any atom is -0.340 e. The Balaban J connectivity index is 1.50. The Morgan fingerprint density at radius 2 is 1.58 bits per heavy atom. The van der Waals surface area contributed by atoms with Crippen molar-refractivity contribution in [1.82, 2.24) is 15.5 Å². The molecular weight excluding hydrogens is 492 g/mol. The molecule has 8 heteroatoms. The molecule has 1 atom stereocenters. The number of halogens is 1. The van der Waals surface area contributed by atoms with Crippen molar-refractivity contribution in [2.75, 3.05) is 5.32 Å². The smallest absolute Gasteiger partial charge is 0.251 e. The lowest BCUT2D eigenvalue weighted by atomic mass is 9.86. The highest BCUT2D eigenvalue weighted by Gasteiger charge is 2.24. The Labute approximate surface area is 219 Å². The highest BCUT2D eigenvalue weighted by Crippen LogP contribution is 2.27. The lowest BCUT2D eigenvalue weighted by Gasteiger charge is -2.20. The molecule has 6 nitrogen and oxygen atoms in total. The van der Waals surface area contributed by atoms with Crippen LogP contribution in [0.25, 0.3) is 10.6 Å². The molecular formula is C28H27ClN4O2S. The van der Waals surface area contributed by atoms with Crippen LogP contribution in [0.1, 0.15) is 42.3 Å². The summed E-state index contributed by atoms with van der Waals surface area (Å²) in [6.45, 7) is 6.36. The van der Waals surface area contributed by atoms with Crippen LogP contribution in [0.2, 0.25) is 5.02 Å². The van der Waals surface area contributed by atoms with Crippen molar-refractivity contribution in [1.29, 1.82) is 0 Å². The number of aromatic nitrogens is 2. The SMILES string of the molecule is CC(C)(C)c1ccc(C(=O)N[C@H](Cc2ccccc2)C(=O)Nc2nnc(-c3ccc(Cl)cc3)s2)cc1. The number of carbonyl (C=O) groups is 2. The zero-order valence-corrected chi connectivity index (χ0v) is 21.9. The first-order chi connectivity index (χ1) is 17.2. The van der Waals surface area contributed by atoms with Gasteiger partial charge in [-0.05, 0) is 40.8 Å². The van der Waals surface area contributed by atoms with Crippen LogP contribution in [0, 0.1) is 0 Å². The van der Waals surface area contributed by atoms with Gasteiger partial charge in [0, 0.05) is 22.6 Å². The van der Waals surface area contributed by atoms with E-state index in [9.17, 15) is 9.59 Å². The van der Waals surface area contributed by atoms with Gasteiger partial charge in [-0.25, -0.2) is 0 Å². The van der Waals surface area contributed by atoms with E-state index in [4.69, 9.17) is 11.6 Å². The van der Waals surface area contributed by atoms with Gasteiger partial charge in [-0.3, -0.25) is 14.9 Å². The van der Waals surface area contributed by atoms with E-state index in [-0.39, 0.29) is 17.2 Å². The second kappa shape index (κ2) is 11.0. The maximum atomic E-state index is 13.3. The van der Waals surface area contributed by atoms with Crippen molar-refractivity contribution in [2.24, 2.45) is 0 Å². The standard InChI is InChI=1S/C28H27ClN4O2S/c1-28(2,3)21-13-9-19(10-14-21)24(34)30-23(17-18-7-5-4-6-8-18)25(35)31-27-33-32-26(36-27)20-11-15-22(29)16-12-20/h4-16,23H,17H2,1-3H3,(H,30,34)(H,31,33,35)/t23-/m1/s1. The van der Waals surface area contributed by atoms with E-state index in [1.807, 2.05) is 54.6 Å². The fourth-order valence-corrected chi connectivity index (χ4v) is 4.48. The van der Waals surface area contributed by atoms with Gasteiger partial charge >= 0.3 is 0 Å². The van der Waals surface area contributed by atoms with Gasteiger partial charge in [0.15, 0.2) is 0 Å². The third kappa shape index (κ3) is 6.56. The Kier molecular flexibility index (Phi) is 7.82. The molecule has 184 valence electrons. The molecule has 3 aromatic carbocycles. The molecule has 36 heavy (non-hydrogen) atoms. The molecule has 0 unspecified atom stereocenters. The molecule has 1 aromatic heterocycles. The minimum atomic E-state index is -0.801. The van der Waals surface area contributed by atoms with Crippen LogP contribution in [0.4, 0.5) is 5.13 Å². The van der Waals surface area contributed by atoms with Gasteiger partial charge in [-0.2, -0.15) is 0 Å². The molecule has 2 N–H and O–H groups in total. The average molecular weight is 519 g/mol. The maximum Gasteiger partial charge on any atom is 0.251 e. The summed E-state index contributed by atoms with van der Waals surface area (Å²) in [4.78, 5) is 26.3. The molecule has 0 radical (unpaired) electrons. The van der Waals surface area contributed by atoms with Gasteiger partial charge in [0.25, 0.3) is 5.91 Å². The largest absolute Gasteiger partial charge is 0.340 e. The van der Waals surface area contributed by atoms with E-state index in [1.54, 1.807) is 24.3 Å². The third-order valence-corrected chi connectivity index (χ3v) is 6.80. The predicted molar refractivity (Wildman–Crippen MR) is 146 cm³/mol. The Morgan fingerprint density at radius 1 is 0.917 bits per heavy atom. The van der Waals surface area contributed by atoms with Crippen LogP contribution in [-0.4, -0.2) is 28.1 Å². The molecule has 0 aliphatic rings. The van der Waals surface area contributed by atoms with Crippen LogP contribution in [0.3, 0.4) is 0 Å². The average Bonchev–Trinajstić information content (AvgIpc) is 3.32. The zero-order chi connectivity index (χ0) is 25.7. The monoisotopic (exact) mass is 518 g/mol. The highest BCUT2D eigenvalue weighted by atomic mass is 35.5. The van der Waals surface area contributed by atoms with Crippen molar-refractivity contribution < 1.29 is 9.59 Å². The van der Waals surface area contributed by atoms with Crippen LogP contribution in [0.15, 0.2) is 78.9 Å². The number of rotatable bonds is 7. The molecule has 0 saturated heterocycles. The number of carbonyl (C=O) groups excluding carboxylic acids is 2. The van der Waals surface area contributed by atoms with Crippen molar-refractivity contribution in [3.8, 4) is 10.6 Å². The van der Waals surface area contributed by atoms with Crippen molar-refractivity contribution in [3.05, 3.63) is 101 Å². The number of hydrogen-bond acceptors (Lipinski definition) is 5. The Morgan fingerprint density at radius 3 is 2.22 bits per heavy atom. The Bertz CT molecular complexity index is 1330. The normalized spacial score (nSPS) is 12.1. The highest BCUT2D eigenvalue weighted by molar-refractivity contribution is 7.18. The van der Waals surface area contributed by atoms with Gasteiger partial charge in [-0.1, -0.05) is 98.3 Å². The lowest BCUT2D eigenvalue weighted by Crippen LogP contribution is -2.45. The number of amides is 2. The molecule has 0 aliphatic carbocycles. The molecule has 4 rings (SSSR count). The van der Waals surface area contributed by atoms with Crippen LogP contribution in [0.5, 0.6) is 0 Å².